The Balaban J connectivity index is 2.35. The van der Waals surface area contributed by atoms with Gasteiger partial charge in [0, 0.05) is 5.56 Å². The van der Waals surface area contributed by atoms with E-state index in [2.05, 4.69) is 0 Å². The summed E-state index contributed by atoms with van der Waals surface area (Å²) in [4.78, 5) is 0. The van der Waals surface area contributed by atoms with E-state index >= 15 is 0 Å². The summed E-state index contributed by atoms with van der Waals surface area (Å²) in [6, 6.07) is 4.65. The highest BCUT2D eigenvalue weighted by atomic mass is 19.3. The van der Waals surface area contributed by atoms with Crippen molar-refractivity contribution in [2.24, 2.45) is 0 Å². The van der Waals surface area contributed by atoms with Crippen molar-refractivity contribution in [1.29, 1.82) is 0 Å². The molecule has 1 aliphatic heterocycles. The Kier molecular flexibility index (Phi) is 2.17. The molecule has 1 aromatic carbocycles. The van der Waals surface area contributed by atoms with Crippen LogP contribution in [0.5, 0.6) is 5.75 Å². The summed E-state index contributed by atoms with van der Waals surface area (Å²) in [6.45, 7) is 0.639. The normalized spacial score (nSPS) is 15.3. The van der Waals surface area contributed by atoms with E-state index in [0.717, 1.165) is 18.4 Å². The lowest BCUT2D eigenvalue weighted by Crippen LogP contribution is -2.08. The summed E-state index contributed by atoms with van der Waals surface area (Å²) < 4.78 is 29.8. The number of aryl methyl sites for hydroxylation is 1. The van der Waals surface area contributed by atoms with E-state index in [4.69, 9.17) is 4.74 Å². The van der Waals surface area contributed by atoms with Crippen LogP contribution in [0.2, 0.25) is 0 Å². The lowest BCUT2D eigenvalue weighted by Gasteiger charge is -2.17. The third-order valence-corrected chi connectivity index (χ3v) is 2.19. The van der Waals surface area contributed by atoms with Crippen LogP contribution in [-0.4, -0.2) is 6.61 Å². The van der Waals surface area contributed by atoms with Crippen molar-refractivity contribution < 1.29 is 13.5 Å². The molecule has 0 unspecified atom stereocenters. The third kappa shape index (κ3) is 1.64. The van der Waals surface area contributed by atoms with E-state index in [1.54, 1.807) is 6.07 Å². The van der Waals surface area contributed by atoms with Gasteiger partial charge in [-0.25, -0.2) is 8.78 Å². The standard InChI is InChI=1S/C10H10F2O/c11-10(12)8-4-3-7-2-1-5-13-9(7)6-8/h3-4,6,10H,1-2,5H2. The molecule has 1 aromatic rings. The highest BCUT2D eigenvalue weighted by Gasteiger charge is 2.14. The molecule has 0 atom stereocenters. The van der Waals surface area contributed by atoms with E-state index in [1.165, 1.54) is 12.1 Å². The van der Waals surface area contributed by atoms with Gasteiger partial charge in [0.15, 0.2) is 0 Å². The number of halogens is 2. The van der Waals surface area contributed by atoms with Gasteiger partial charge in [0.25, 0.3) is 6.43 Å². The number of alkyl halides is 2. The first-order valence-electron chi connectivity index (χ1n) is 4.31. The molecule has 1 aliphatic rings. The van der Waals surface area contributed by atoms with Crippen molar-refractivity contribution in [3.63, 3.8) is 0 Å². The van der Waals surface area contributed by atoms with Gasteiger partial charge >= 0.3 is 0 Å². The molecular formula is C10H10F2O. The van der Waals surface area contributed by atoms with Gasteiger partial charge in [0.05, 0.1) is 6.61 Å². The van der Waals surface area contributed by atoms with Crippen molar-refractivity contribution in [3.05, 3.63) is 29.3 Å². The monoisotopic (exact) mass is 184 g/mol. The second-order valence-corrected chi connectivity index (χ2v) is 3.12. The summed E-state index contributed by atoms with van der Waals surface area (Å²) in [7, 11) is 0. The average Bonchev–Trinajstić information content (AvgIpc) is 2.17. The molecule has 0 aliphatic carbocycles. The molecule has 0 amide bonds. The topological polar surface area (TPSA) is 9.23 Å². The molecule has 70 valence electrons. The zero-order chi connectivity index (χ0) is 9.26. The number of hydrogen-bond donors (Lipinski definition) is 0. The minimum Gasteiger partial charge on any atom is -0.493 e. The highest BCUT2D eigenvalue weighted by molar-refractivity contribution is 5.39. The maximum Gasteiger partial charge on any atom is 0.263 e. The van der Waals surface area contributed by atoms with Crippen molar-refractivity contribution >= 4 is 0 Å². The second kappa shape index (κ2) is 3.32. The molecular weight excluding hydrogens is 174 g/mol. The van der Waals surface area contributed by atoms with Gasteiger partial charge in [-0.2, -0.15) is 0 Å². The van der Waals surface area contributed by atoms with Crippen LogP contribution in [0.4, 0.5) is 8.78 Å². The van der Waals surface area contributed by atoms with E-state index in [0.29, 0.717) is 12.4 Å². The Morgan fingerprint density at radius 1 is 1.31 bits per heavy atom. The Morgan fingerprint density at radius 2 is 2.15 bits per heavy atom. The van der Waals surface area contributed by atoms with E-state index in [-0.39, 0.29) is 5.56 Å². The Hall–Kier alpha value is -1.12. The van der Waals surface area contributed by atoms with Crippen LogP contribution < -0.4 is 4.74 Å². The predicted octanol–water partition coefficient (Wildman–Crippen LogP) is 2.95. The minimum absolute atomic E-state index is 0.0423. The molecule has 2 rings (SSSR count). The van der Waals surface area contributed by atoms with Crippen LogP contribution in [0, 0.1) is 0 Å². The summed E-state index contributed by atoms with van der Waals surface area (Å²) in [5.74, 6) is 0.629. The minimum atomic E-state index is -2.41. The summed E-state index contributed by atoms with van der Waals surface area (Å²) in [6.07, 6.45) is -0.504. The van der Waals surface area contributed by atoms with Gasteiger partial charge in [0.1, 0.15) is 5.75 Å². The first-order chi connectivity index (χ1) is 6.27. The molecule has 0 aromatic heterocycles. The third-order valence-electron chi connectivity index (χ3n) is 2.19. The van der Waals surface area contributed by atoms with Crippen molar-refractivity contribution in [1.82, 2.24) is 0 Å². The van der Waals surface area contributed by atoms with Crippen molar-refractivity contribution in [2.45, 2.75) is 19.3 Å². The van der Waals surface area contributed by atoms with Crippen LogP contribution in [0.25, 0.3) is 0 Å². The number of benzene rings is 1. The van der Waals surface area contributed by atoms with Crippen LogP contribution in [-0.2, 0) is 6.42 Å². The molecule has 0 fully saturated rings. The second-order valence-electron chi connectivity index (χ2n) is 3.12. The number of fused-ring (bicyclic) bond motifs is 1. The molecule has 1 heterocycles. The molecule has 0 radical (unpaired) electrons. The largest absolute Gasteiger partial charge is 0.493 e. The zero-order valence-electron chi connectivity index (χ0n) is 7.09. The van der Waals surface area contributed by atoms with Gasteiger partial charge < -0.3 is 4.74 Å². The molecule has 1 nitrogen and oxygen atoms in total. The lowest BCUT2D eigenvalue weighted by molar-refractivity contribution is 0.150. The molecule has 0 saturated heterocycles. The van der Waals surface area contributed by atoms with Gasteiger partial charge in [0.2, 0.25) is 0 Å². The maximum atomic E-state index is 12.3. The molecule has 0 bridgehead atoms. The van der Waals surface area contributed by atoms with Crippen LogP contribution in [0.1, 0.15) is 24.0 Å². The van der Waals surface area contributed by atoms with E-state index in [9.17, 15) is 8.78 Å². The van der Waals surface area contributed by atoms with Crippen LogP contribution in [0.15, 0.2) is 18.2 Å². The van der Waals surface area contributed by atoms with Crippen molar-refractivity contribution in [3.8, 4) is 5.75 Å². The van der Waals surface area contributed by atoms with E-state index in [1.807, 2.05) is 0 Å². The number of rotatable bonds is 1. The highest BCUT2D eigenvalue weighted by Crippen LogP contribution is 2.29. The van der Waals surface area contributed by atoms with Crippen LogP contribution >= 0.6 is 0 Å². The van der Waals surface area contributed by atoms with Gasteiger partial charge in [-0.3, -0.25) is 0 Å². The first kappa shape index (κ1) is 8.48. The molecule has 0 saturated carbocycles. The summed E-state index contributed by atoms with van der Waals surface area (Å²) in [5.41, 5.74) is 1.08. The van der Waals surface area contributed by atoms with Gasteiger partial charge in [-0.05, 0) is 24.5 Å². The summed E-state index contributed by atoms with van der Waals surface area (Å²) in [5, 5.41) is 0. The fourth-order valence-electron chi connectivity index (χ4n) is 1.49. The van der Waals surface area contributed by atoms with Gasteiger partial charge in [-0.15, -0.1) is 0 Å². The smallest absolute Gasteiger partial charge is 0.263 e. The first-order valence-corrected chi connectivity index (χ1v) is 4.31. The average molecular weight is 184 g/mol. The van der Waals surface area contributed by atoms with Gasteiger partial charge in [-0.1, -0.05) is 12.1 Å². The summed E-state index contributed by atoms with van der Waals surface area (Å²) >= 11 is 0. The Bertz CT molecular complexity index is 310. The quantitative estimate of drug-likeness (QED) is 0.652. The molecule has 13 heavy (non-hydrogen) atoms. The molecule has 0 N–H and O–H groups in total. The SMILES string of the molecule is FC(F)c1ccc2c(c1)OCCC2. The fourth-order valence-corrected chi connectivity index (χ4v) is 1.49. The van der Waals surface area contributed by atoms with Crippen molar-refractivity contribution in [2.75, 3.05) is 6.61 Å². The number of hydrogen-bond acceptors (Lipinski definition) is 1. The van der Waals surface area contributed by atoms with Crippen LogP contribution in [0.3, 0.4) is 0 Å². The predicted molar refractivity (Wildman–Crippen MR) is 45.2 cm³/mol. The van der Waals surface area contributed by atoms with E-state index < -0.39 is 6.43 Å². The molecule has 3 heteroatoms. The molecule has 0 spiro atoms. The lowest BCUT2D eigenvalue weighted by atomic mass is 10.0. The Labute approximate surface area is 75.3 Å². The maximum absolute atomic E-state index is 12.3. The Morgan fingerprint density at radius 3 is 2.92 bits per heavy atom. The fraction of sp³-hybridized carbons (Fsp3) is 0.400. The zero-order valence-corrected chi connectivity index (χ0v) is 7.09. The number of ether oxygens (including phenoxy) is 1.